The van der Waals surface area contributed by atoms with E-state index in [1.165, 1.54) is 16.2 Å². The number of carbonyl (C=O) groups excluding carboxylic acids is 1. The van der Waals surface area contributed by atoms with E-state index in [-0.39, 0.29) is 11.7 Å². The Hall–Kier alpha value is -1.63. The summed E-state index contributed by atoms with van der Waals surface area (Å²) in [6, 6.07) is -0.464. The van der Waals surface area contributed by atoms with E-state index in [0.29, 0.717) is 10.6 Å². The van der Waals surface area contributed by atoms with Crippen molar-refractivity contribution >= 4 is 23.1 Å². The molecule has 0 spiro atoms. The highest BCUT2D eigenvalue weighted by Crippen LogP contribution is 2.19. The van der Waals surface area contributed by atoms with Crippen LogP contribution in [0, 0.1) is 13.8 Å². The monoisotopic (exact) mass is 256 g/mol. The molecule has 1 aromatic heterocycles. The Morgan fingerprint density at radius 3 is 2.59 bits per heavy atom. The number of hydrogen-bond donors (Lipinski definition) is 2. The van der Waals surface area contributed by atoms with Gasteiger partial charge in [-0.15, -0.1) is 11.3 Å². The first-order valence-corrected chi connectivity index (χ1v) is 5.88. The Balaban J connectivity index is 2.94. The predicted octanol–water partition coefficient (Wildman–Crippen LogP) is 0.967. The molecule has 1 aromatic rings. The smallest absolute Gasteiger partial charge is 0.266 e. The van der Waals surface area contributed by atoms with Gasteiger partial charge in [-0.1, -0.05) is 5.16 Å². The summed E-state index contributed by atoms with van der Waals surface area (Å²) in [5, 5.41) is 12.3. The van der Waals surface area contributed by atoms with Crippen molar-refractivity contribution in [2.45, 2.75) is 26.8 Å². The quantitative estimate of drug-likeness (QED) is 0.365. The zero-order valence-corrected chi connectivity index (χ0v) is 11.1. The summed E-state index contributed by atoms with van der Waals surface area (Å²) in [7, 11) is 1.61. The molecule has 0 saturated heterocycles. The largest absolute Gasteiger partial charge is 0.409 e. The van der Waals surface area contributed by atoms with E-state index in [2.05, 4.69) is 10.1 Å². The summed E-state index contributed by atoms with van der Waals surface area (Å²) in [6.45, 7) is 5.33. The average Bonchev–Trinajstić information content (AvgIpc) is 2.64. The van der Waals surface area contributed by atoms with E-state index in [1.807, 2.05) is 6.92 Å². The van der Waals surface area contributed by atoms with E-state index in [9.17, 15) is 4.79 Å². The number of aryl methyl sites for hydroxylation is 2. The van der Waals surface area contributed by atoms with Crippen molar-refractivity contribution in [2.24, 2.45) is 10.9 Å². The van der Waals surface area contributed by atoms with Crippen LogP contribution in [0.15, 0.2) is 5.16 Å². The van der Waals surface area contributed by atoms with Crippen LogP contribution < -0.4 is 5.73 Å². The summed E-state index contributed by atoms with van der Waals surface area (Å²) in [5.74, 6) is -0.174. The Morgan fingerprint density at radius 1 is 1.59 bits per heavy atom. The molecule has 1 unspecified atom stereocenters. The van der Waals surface area contributed by atoms with E-state index in [0.717, 1.165) is 5.01 Å². The highest BCUT2D eigenvalue weighted by atomic mass is 32.1. The molecule has 1 amide bonds. The second kappa shape index (κ2) is 5.13. The first-order chi connectivity index (χ1) is 7.88. The third-order valence-electron chi connectivity index (χ3n) is 2.54. The van der Waals surface area contributed by atoms with Gasteiger partial charge >= 0.3 is 0 Å². The number of thiazole rings is 1. The number of hydrogen-bond acceptors (Lipinski definition) is 5. The maximum Gasteiger partial charge on any atom is 0.266 e. The normalized spacial score (nSPS) is 13.5. The van der Waals surface area contributed by atoms with Gasteiger partial charge in [-0.25, -0.2) is 4.98 Å². The van der Waals surface area contributed by atoms with Gasteiger partial charge in [0.25, 0.3) is 5.91 Å². The third kappa shape index (κ3) is 2.73. The summed E-state index contributed by atoms with van der Waals surface area (Å²) in [5.41, 5.74) is 6.18. The molecule has 0 bridgehead atoms. The van der Waals surface area contributed by atoms with Crippen LogP contribution in [0.4, 0.5) is 0 Å². The lowest BCUT2D eigenvalue weighted by atomic mass is 10.2. The van der Waals surface area contributed by atoms with Gasteiger partial charge < -0.3 is 15.8 Å². The van der Waals surface area contributed by atoms with Crippen LogP contribution in [-0.4, -0.2) is 39.9 Å². The van der Waals surface area contributed by atoms with Gasteiger partial charge in [-0.3, -0.25) is 4.79 Å². The molecule has 94 valence electrons. The van der Waals surface area contributed by atoms with Crippen molar-refractivity contribution in [3.63, 3.8) is 0 Å². The number of amidine groups is 1. The highest BCUT2D eigenvalue weighted by molar-refractivity contribution is 7.13. The Morgan fingerprint density at radius 2 is 2.18 bits per heavy atom. The van der Waals surface area contributed by atoms with Crippen LogP contribution in [0.2, 0.25) is 0 Å². The lowest BCUT2D eigenvalue weighted by Gasteiger charge is -2.23. The lowest BCUT2D eigenvalue weighted by molar-refractivity contribution is 0.0780. The summed E-state index contributed by atoms with van der Waals surface area (Å²) < 4.78 is 0. The molecule has 3 N–H and O–H groups in total. The summed E-state index contributed by atoms with van der Waals surface area (Å²) in [6.07, 6.45) is 0. The molecule has 0 aliphatic carbocycles. The molecule has 1 heterocycles. The SMILES string of the molecule is Cc1nc(C)c(C(=O)N(C)C(C)C(N)=NO)s1. The molecule has 0 aliphatic heterocycles. The van der Waals surface area contributed by atoms with E-state index >= 15 is 0 Å². The van der Waals surface area contributed by atoms with Crippen LogP contribution in [0.5, 0.6) is 0 Å². The van der Waals surface area contributed by atoms with Crippen molar-refractivity contribution in [1.82, 2.24) is 9.88 Å². The fourth-order valence-corrected chi connectivity index (χ4v) is 2.25. The van der Waals surface area contributed by atoms with Crippen molar-refractivity contribution < 1.29 is 10.0 Å². The van der Waals surface area contributed by atoms with Crippen LogP contribution in [0.25, 0.3) is 0 Å². The number of carbonyl (C=O) groups is 1. The van der Waals surface area contributed by atoms with Gasteiger partial charge in [-0.05, 0) is 20.8 Å². The molecule has 17 heavy (non-hydrogen) atoms. The van der Waals surface area contributed by atoms with Gasteiger partial charge in [0, 0.05) is 7.05 Å². The second-order valence-electron chi connectivity index (χ2n) is 3.76. The molecule has 6 nitrogen and oxygen atoms in total. The number of aromatic nitrogens is 1. The molecule has 0 saturated carbocycles. The van der Waals surface area contributed by atoms with Crippen molar-refractivity contribution in [2.75, 3.05) is 7.05 Å². The number of likely N-dealkylation sites (N-methyl/N-ethyl adjacent to an activating group) is 1. The molecule has 0 radical (unpaired) electrons. The Kier molecular flexibility index (Phi) is 4.06. The minimum Gasteiger partial charge on any atom is -0.409 e. The van der Waals surface area contributed by atoms with Crippen LogP contribution >= 0.6 is 11.3 Å². The number of rotatable bonds is 3. The van der Waals surface area contributed by atoms with Gasteiger partial charge in [0.2, 0.25) is 0 Å². The Labute approximate surface area is 104 Å². The van der Waals surface area contributed by atoms with E-state index in [1.54, 1.807) is 20.9 Å². The number of oxime groups is 1. The maximum absolute atomic E-state index is 12.1. The molecule has 1 atom stereocenters. The molecule has 0 aromatic carbocycles. The summed E-state index contributed by atoms with van der Waals surface area (Å²) >= 11 is 1.34. The van der Waals surface area contributed by atoms with Crippen LogP contribution in [-0.2, 0) is 0 Å². The second-order valence-corrected chi connectivity index (χ2v) is 4.97. The van der Waals surface area contributed by atoms with E-state index in [4.69, 9.17) is 10.9 Å². The fraction of sp³-hybridized carbons (Fsp3) is 0.500. The summed E-state index contributed by atoms with van der Waals surface area (Å²) in [4.78, 5) is 18.4. The maximum atomic E-state index is 12.1. The molecule has 0 aliphatic rings. The number of nitrogens with two attached hydrogens (primary N) is 1. The van der Waals surface area contributed by atoms with Gasteiger partial charge in [0.1, 0.15) is 4.88 Å². The molecular weight excluding hydrogens is 240 g/mol. The zero-order chi connectivity index (χ0) is 13.2. The molecule has 1 rings (SSSR count). The minimum atomic E-state index is -0.464. The standard InChI is InChI=1S/C10H16N4O2S/c1-5-8(17-7(3)12-5)10(15)14(4)6(2)9(11)13-16/h6,16H,1-4H3,(H2,11,13). The minimum absolute atomic E-state index is 0.000240. The molecular formula is C10H16N4O2S. The molecule has 0 fully saturated rings. The number of amides is 1. The van der Waals surface area contributed by atoms with Gasteiger partial charge in [0.15, 0.2) is 5.84 Å². The highest BCUT2D eigenvalue weighted by Gasteiger charge is 2.23. The fourth-order valence-electron chi connectivity index (χ4n) is 1.35. The first-order valence-electron chi connectivity index (χ1n) is 5.07. The van der Waals surface area contributed by atoms with Crippen LogP contribution in [0.3, 0.4) is 0 Å². The van der Waals surface area contributed by atoms with Crippen molar-refractivity contribution in [3.05, 3.63) is 15.6 Å². The van der Waals surface area contributed by atoms with E-state index < -0.39 is 6.04 Å². The van der Waals surface area contributed by atoms with Gasteiger partial charge in [-0.2, -0.15) is 0 Å². The number of nitrogens with zero attached hydrogens (tertiary/aromatic N) is 3. The average molecular weight is 256 g/mol. The topological polar surface area (TPSA) is 91.8 Å². The lowest BCUT2D eigenvalue weighted by Crippen LogP contribution is -2.43. The predicted molar refractivity (Wildman–Crippen MR) is 66.6 cm³/mol. The zero-order valence-electron chi connectivity index (χ0n) is 10.3. The van der Waals surface area contributed by atoms with Crippen molar-refractivity contribution in [3.8, 4) is 0 Å². The van der Waals surface area contributed by atoms with Crippen LogP contribution in [0.1, 0.15) is 27.3 Å². The van der Waals surface area contributed by atoms with Crippen molar-refractivity contribution in [1.29, 1.82) is 0 Å². The first kappa shape index (κ1) is 13.4. The Bertz CT molecular complexity index is 455. The molecule has 7 heteroatoms. The van der Waals surface area contributed by atoms with Gasteiger partial charge in [0.05, 0.1) is 16.7 Å². The third-order valence-corrected chi connectivity index (χ3v) is 3.60.